The molecule has 0 saturated carbocycles. The van der Waals surface area contributed by atoms with Gasteiger partial charge in [-0.1, -0.05) is 31.0 Å². The second-order valence-electron chi connectivity index (χ2n) is 15.8. The molecule has 2 aromatic heterocycles. The molecule has 54 heavy (non-hydrogen) atoms. The van der Waals surface area contributed by atoms with Crippen molar-refractivity contribution < 1.29 is 9.53 Å². The van der Waals surface area contributed by atoms with E-state index in [1.54, 1.807) is 0 Å². The maximum absolute atomic E-state index is 13.1. The van der Waals surface area contributed by atoms with E-state index in [4.69, 9.17) is 15.6 Å². The molecule has 0 atom stereocenters. The average molecular weight is 735 g/mol. The number of nitrogen functional groups attached to an aromatic ring is 1. The Morgan fingerprint density at radius 3 is 1.98 bits per heavy atom. The molecule has 0 spiro atoms. The number of anilines is 1. The predicted octanol–water partition coefficient (Wildman–Crippen LogP) is 5.43. The normalized spacial score (nSPS) is 21.4. The van der Waals surface area contributed by atoms with Gasteiger partial charge in [-0.2, -0.15) is 5.10 Å². The van der Waals surface area contributed by atoms with Gasteiger partial charge in [-0.3, -0.25) is 9.69 Å². The molecule has 0 bridgehead atoms. The number of carbonyl (C=O) groups is 1. The molecule has 5 fully saturated rings. The van der Waals surface area contributed by atoms with Gasteiger partial charge in [0.05, 0.1) is 18.0 Å². The smallest absolute Gasteiger partial charge is 0.236 e. The van der Waals surface area contributed by atoms with Gasteiger partial charge in [-0.25, -0.2) is 14.6 Å². The van der Waals surface area contributed by atoms with E-state index in [9.17, 15) is 4.79 Å². The van der Waals surface area contributed by atoms with Crippen molar-refractivity contribution in [1.82, 2.24) is 44.7 Å². The summed E-state index contributed by atoms with van der Waals surface area (Å²) < 4.78 is 7.88. The quantitative estimate of drug-likeness (QED) is 0.243. The van der Waals surface area contributed by atoms with Crippen molar-refractivity contribution in [2.24, 2.45) is 0 Å². The number of carbonyl (C=O) groups excluding carboxylic acids is 1. The van der Waals surface area contributed by atoms with Crippen LogP contribution in [0.5, 0.6) is 11.5 Å². The van der Waals surface area contributed by atoms with Gasteiger partial charge in [0.25, 0.3) is 0 Å². The van der Waals surface area contributed by atoms with Crippen LogP contribution in [-0.2, 0) is 4.79 Å². The number of amides is 1. The molecule has 288 valence electrons. The highest BCUT2D eigenvalue weighted by molar-refractivity contribution is 5.98. The fourth-order valence-electron chi connectivity index (χ4n) is 9.04. The van der Waals surface area contributed by atoms with E-state index in [0.717, 1.165) is 47.3 Å². The Morgan fingerprint density at radius 1 is 0.722 bits per heavy atom. The van der Waals surface area contributed by atoms with Gasteiger partial charge in [-0.05, 0) is 127 Å². The van der Waals surface area contributed by atoms with Crippen LogP contribution in [0, 0.1) is 0 Å². The molecule has 0 unspecified atom stereocenters. The number of fused-ring (bicyclic) bond motifs is 1. The third-order valence-corrected chi connectivity index (χ3v) is 12.2. The monoisotopic (exact) mass is 734 g/mol. The number of piperidine rings is 4. The maximum atomic E-state index is 13.1. The van der Waals surface area contributed by atoms with Crippen molar-refractivity contribution in [3.05, 3.63) is 60.9 Å². The second kappa shape index (κ2) is 17.6. The molecule has 9 rings (SSSR count). The number of ether oxygens (including phenoxy) is 1. The van der Waals surface area contributed by atoms with Crippen LogP contribution >= 0.6 is 0 Å². The van der Waals surface area contributed by atoms with Gasteiger partial charge < -0.3 is 30.5 Å². The number of hydrogen-bond acceptors (Lipinski definition) is 10. The summed E-state index contributed by atoms with van der Waals surface area (Å²) in [4.78, 5) is 31.6. The SMILES string of the molecule is C1CCN(C2CCNCC2)CC1.Nc1ncnc2c1c(-c1ccc(Oc3ccccc3)cc1)nn2C1CN(C(=O)CN2CCC(N3CCCCC3)CC2)C1. The zero-order valence-corrected chi connectivity index (χ0v) is 31.8. The zero-order chi connectivity index (χ0) is 36.7. The number of benzene rings is 2. The third kappa shape index (κ3) is 8.72. The van der Waals surface area contributed by atoms with Crippen LogP contribution in [0.1, 0.15) is 70.3 Å². The van der Waals surface area contributed by atoms with E-state index < -0.39 is 0 Å². The molecule has 5 aliphatic heterocycles. The van der Waals surface area contributed by atoms with Gasteiger partial charge in [0, 0.05) is 43.8 Å². The highest BCUT2D eigenvalue weighted by atomic mass is 16.5. The number of para-hydroxylation sites is 1. The summed E-state index contributed by atoms with van der Waals surface area (Å²) in [7, 11) is 0. The highest BCUT2D eigenvalue weighted by Crippen LogP contribution is 2.35. The summed E-state index contributed by atoms with van der Waals surface area (Å²) in [5.74, 6) is 2.11. The minimum absolute atomic E-state index is 0.0463. The number of rotatable bonds is 8. The van der Waals surface area contributed by atoms with Crippen molar-refractivity contribution in [2.45, 2.75) is 82.3 Å². The minimum atomic E-state index is 0.0463. The lowest BCUT2D eigenvalue weighted by atomic mass is 10.00. The number of aromatic nitrogens is 4. The Bertz CT molecular complexity index is 1770. The first-order valence-corrected chi connectivity index (χ1v) is 20.6. The van der Waals surface area contributed by atoms with Crippen molar-refractivity contribution in [1.29, 1.82) is 0 Å². The Morgan fingerprint density at radius 2 is 1.33 bits per heavy atom. The third-order valence-electron chi connectivity index (χ3n) is 12.2. The fourth-order valence-corrected chi connectivity index (χ4v) is 9.04. The largest absolute Gasteiger partial charge is 0.457 e. The first-order valence-electron chi connectivity index (χ1n) is 20.6. The number of nitrogens with one attached hydrogen (secondary N) is 1. The maximum Gasteiger partial charge on any atom is 0.236 e. The Kier molecular flexibility index (Phi) is 12.0. The summed E-state index contributed by atoms with van der Waals surface area (Å²) in [6, 6.07) is 19.1. The molecule has 12 nitrogen and oxygen atoms in total. The van der Waals surface area contributed by atoms with E-state index >= 15 is 0 Å². The first kappa shape index (κ1) is 36.9. The topological polar surface area (TPSA) is 121 Å². The molecule has 0 aliphatic carbocycles. The molecule has 2 aromatic carbocycles. The lowest BCUT2D eigenvalue weighted by Gasteiger charge is -2.42. The molecular weight excluding hydrogens is 677 g/mol. The first-order chi connectivity index (χ1) is 26.6. The summed E-state index contributed by atoms with van der Waals surface area (Å²) >= 11 is 0. The average Bonchev–Trinajstić information content (AvgIpc) is 3.60. The summed E-state index contributed by atoms with van der Waals surface area (Å²) in [6.07, 6.45) is 14.9. The van der Waals surface area contributed by atoms with Crippen LogP contribution in [0.4, 0.5) is 5.82 Å². The lowest BCUT2D eigenvalue weighted by molar-refractivity contribution is -0.138. The van der Waals surface area contributed by atoms with Gasteiger partial charge in [0.15, 0.2) is 5.65 Å². The molecule has 0 radical (unpaired) electrons. The van der Waals surface area contributed by atoms with E-state index in [1.807, 2.05) is 64.2 Å². The number of nitrogens with two attached hydrogens (primary N) is 1. The fraction of sp³-hybridized carbons (Fsp3) is 0.571. The molecule has 5 saturated heterocycles. The van der Waals surface area contributed by atoms with Crippen LogP contribution in [0.15, 0.2) is 60.9 Å². The predicted molar refractivity (Wildman–Crippen MR) is 214 cm³/mol. The summed E-state index contributed by atoms with van der Waals surface area (Å²) in [5, 5.41) is 9.12. The number of nitrogens with zero attached hydrogens (tertiary/aromatic N) is 8. The van der Waals surface area contributed by atoms with E-state index in [-0.39, 0.29) is 11.9 Å². The van der Waals surface area contributed by atoms with E-state index in [2.05, 4.69) is 30.0 Å². The van der Waals surface area contributed by atoms with Crippen LogP contribution in [-0.4, -0.2) is 129 Å². The highest BCUT2D eigenvalue weighted by Gasteiger charge is 2.36. The van der Waals surface area contributed by atoms with Gasteiger partial charge in [-0.15, -0.1) is 0 Å². The molecular formula is C42H58N10O2. The standard InChI is InChI=1S/C32H38N8O2.C10H20N2/c33-31-29-30(23-9-11-27(12-10-23)42-26-7-3-1-4-8-26)36-40(32(29)35-22-34-31)25-19-39(20-25)28(41)21-37-17-13-24(14-18-37)38-15-5-2-6-16-38;1-2-8-12(9-3-1)10-4-6-11-7-5-10/h1,3-4,7-12,22,24-25H,2,5-6,13-21H2,(H2,33,34,35);10-11H,1-9H2. The molecule has 12 heteroatoms. The summed E-state index contributed by atoms with van der Waals surface area (Å²) in [6.45, 7) is 11.4. The van der Waals surface area contributed by atoms with E-state index in [1.165, 1.54) is 110 Å². The van der Waals surface area contributed by atoms with Crippen LogP contribution < -0.4 is 15.8 Å². The minimum Gasteiger partial charge on any atom is -0.457 e. The molecule has 1 amide bonds. The van der Waals surface area contributed by atoms with Crippen molar-refractivity contribution >= 4 is 22.8 Å². The van der Waals surface area contributed by atoms with Crippen LogP contribution in [0.3, 0.4) is 0 Å². The molecule has 4 aromatic rings. The van der Waals surface area contributed by atoms with Crippen LogP contribution in [0.2, 0.25) is 0 Å². The number of hydrogen-bond donors (Lipinski definition) is 2. The van der Waals surface area contributed by atoms with Crippen molar-refractivity contribution in [3.63, 3.8) is 0 Å². The van der Waals surface area contributed by atoms with Crippen molar-refractivity contribution in [2.75, 3.05) is 77.7 Å². The molecule has 3 N–H and O–H groups in total. The Balaban J connectivity index is 0.000000292. The zero-order valence-electron chi connectivity index (χ0n) is 31.8. The molecule has 7 heterocycles. The Hall–Kier alpha value is -4.10. The lowest BCUT2D eigenvalue weighted by Crippen LogP contribution is -2.55. The van der Waals surface area contributed by atoms with Crippen molar-refractivity contribution in [3.8, 4) is 22.8 Å². The van der Waals surface area contributed by atoms with Gasteiger partial charge in [0.2, 0.25) is 5.91 Å². The Labute approximate surface area is 320 Å². The van der Waals surface area contributed by atoms with Gasteiger partial charge >= 0.3 is 0 Å². The second-order valence-corrected chi connectivity index (χ2v) is 15.8. The number of likely N-dealkylation sites (tertiary alicyclic amines) is 4. The van der Waals surface area contributed by atoms with Gasteiger partial charge in [0.1, 0.15) is 29.3 Å². The molecule has 5 aliphatic rings. The van der Waals surface area contributed by atoms with Crippen LogP contribution in [0.25, 0.3) is 22.3 Å². The summed E-state index contributed by atoms with van der Waals surface area (Å²) in [5.41, 5.74) is 8.66. The van der Waals surface area contributed by atoms with E-state index in [0.29, 0.717) is 37.1 Å².